The van der Waals surface area contributed by atoms with E-state index in [-0.39, 0.29) is 5.41 Å². The van der Waals surface area contributed by atoms with E-state index in [4.69, 9.17) is 11.6 Å². The Morgan fingerprint density at radius 3 is 2.94 bits per heavy atom. The molecule has 0 aliphatic heterocycles. The molecule has 1 saturated carbocycles. The van der Waals surface area contributed by atoms with E-state index in [0.717, 1.165) is 12.4 Å². The lowest BCUT2D eigenvalue weighted by Crippen LogP contribution is -2.29. The Hall–Kier alpha value is -1.43. The minimum Gasteiger partial charge on any atom is -0.368 e. The number of aromatic nitrogens is 5. The molecule has 2 aromatic heterocycles. The number of tetrazole rings is 1. The van der Waals surface area contributed by atoms with Gasteiger partial charge in [0.2, 0.25) is 0 Å². The summed E-state index contributed by atoms with van der Waals surface area (Å²) in [6, 6.07) is 0. The number of hydrogen-bond donors (Lipinski definition) is 1. The third kappa shape index (κ3) is 2.01. The van der Waals surface area contributed by atoms with E-state index in [0.29, 0.717) is 11.5 Å². The van der Waals surface area contributed by atoms with Crippen molar-refractivity contribution >= 4 is 23.1 Å². The van der Waals surface area contributed by atoms with Gasteiger partial charge in [0.1, 0.15) is 5.82 Å². The first-order chi connectivity index (χ1) is 8.83. The highest BCUT2D eigenvalue weighted by Gasteiger charge is 2.32. The minimum absolute atomic E-state index is 0.206. The van der Waals surface area contributed by atoms with Crippen molar-refractivity contribution in [1.29, 1.82) is 0 Å². The van der Waals surface area contributed by atoms with Gasteiger partial charge in [-0.3, -0.25) is 4.98 Å². The van der Waals surface area contributed by atoms with Crippen LogP contribution in [0.25, 0.3) is 5.65 Å². The SMILES string of the molecule is ClCC1(CNc2cncc3nnnn23)CCCC1. The molecule has 6 nitrogen and oxygen atoms in total. The molecule has 0 amide bonds. The predicted molar refractivity (Wildman–Crippen MR) is 68.7 cm³/mol. The second kappa shape index (κ2) is 4.68. The highest BCUT2D eigenvalue weighted by Crippen LogP contribution is 2.39. The van der Waals surface area contributed by atoms with Crippen LogP contribution in [-0.2, 0) is 0 Å². The molecule has 0 spiro atoms. The predicted octanol–water partition coefficient (Wildman–Crippen LogP) is 1.73. The van der Waals surface area contributed by atoms with Crippen molar-refractivity contribution in [3.63, 3.8) is 0 Å². The number of hydrogen-bond acceptors (Lipinski definition) is 5. The molecule has 2 aromatic rings. The second-order valence-electron chi connectivity index (χ2n) is 4.94. The lowest BCUT2D eigenvalue weighted by atomic mass is 9.88. The van der Waals surface area contributed by atoms with Gasteiger partial charge in [0.05, 0.1) is 12.4 Å². The first-order valence-corrected chi connectivity index (χ1v) is 6.68. The number of fused-ring (bicyclic) bond motifs is 1. The van der Waals surface area contributed by atoms with Gasteiger partial charge in [-0.2, -0.15) is 4.52 Å². The van der Waals surface area contributed by atoms with Gasteiger partial charge in [-0.25, -0.2) is 0 Å². The number of nitrogens with zero attached hydrogens (tertiary/aromatic N) is 5. The zero-order chi connectivity index (χ0) is 12.4. The van der Waals surface area contributed by atoms with Gasteiger partial charge in [-0.15, -0.1) is 16.7 Å². The fourth-order valence-electron chi connectivity index (χ4n) is 2.56. The summed E-state index contributed by atoms with van der Waals surface area (Å²) in [5.74, 6) is 1.51. The van der Waals surface area contributed by atoms with Gasteiger partial charge in [-0.05, 0) is 23.3 Å². The first-order valence-electron chi connectivity index (χ1n) is 6.15. The number of alkyl halides is 1. The van der Waals surface area contributed by atoms with Crippen LogP contribution in [0.5, 0.6) is 0 Å². The number of halogens is 1. The molecule has 1 aliphatic rings. The zero-order valence-corrected chi connectivity index (χ0v) is 10.8. The quantitative estimate of drug-likeness (QED) is 0.854. The van der Waals surface area contributed by atoms with Crippen molar-refractivity contribution in [2.75, 3.05) is 17.7 Å². The van der Waals surface area contributed by atoms with Crippen molar-refractivity contribution in [2.24, 2.45) is 5.41 Å². The second-order valence-corrected chi connectivity index (χ2v) is 5.20. The van der Waals surface area contributed by atoms with Gasteiger partial charge < -0.3 is 5.32 Å². The van der Waals surface area contributed by atoms with Crippen LogP contribution in [0.15, 0.2) is 12.4 Å². The zero-order valence-electron chi connectivity index (χ0n) is 10.0. The summed E-state index contributed by atoms with van der Waals surface area (Å²) in [4.78, 5) is 4.12. The highest BCUT2D eigenvalue weighted by molar-refractivity contribution is 6.18. The molecule has 0 bridgehead atoms. The molecule has 18 heavy (non-hydrogen) atoms. The topological polar surface area (TPSA) is 68.0 Å². The van der Waals surface area contributed by atoms with Crippen molar-refractivity contribution < 1.29 is 0 Å². The molecule has 1 aliphatic carbocycles. The Balaban J connectivity index is 1.78. The van der Waals surface area contributed by atoms with Crippen molar-refractivity contribution in [2.45, 2.75) is 25.7 Å². The Labute approximate surface area is 110 Å². The molecule has 0 atom stereocenters. The van der Waals surface area contributed by atoms with Gasteiger partial charge >= 0.3 is 0 Å². The molecule has 1 N–H and O–H groups in total. The maximum Gasteiger partial charge on any atom is 0.199 e. The summed E-state index contributed by atoms with van der Waals surface area (Å²) in [6.45, 7) is 0.844. The lowest BCUT2D eigenvalue weighted by molar-refractivity contribution is 0.368. The summed E-state index contributed by atoms with van der Waals surface area (Å²) in [7, 11) is 0. The van der Waals surface area contributed by atoms with Gasteiger partial charge in [0.25, 0.3) is 0 Å². The molecular formula is C11H15ClN6. The Morgan fingerprint density at radius 2 is 2.17 bits per heavy atom. The molecule has 2 heterocycles. The first kappa shape index (κ1) is 11.6. The van der Waals surface area contributed by atoms with E-state index >= 15 is 0 Å². The van der Waals surface area contributed by atoms with Gasteiger partial charge in [-0.1, -0.05) is 12.8 Å². The van der Waals surface area contributed by atoms with Crippen LogP contribution in [-0.4, -0.2) is 37.4 Å². The van der Waals surface area contributed by atoms with E-state index in [1.165, 1.54) is 25.7 Å². The molecule has 0 saturated heterocycles. The third-order valence-electron chi connectivity index (χ3n) is 3.70. The maximum absolute atomic E-state index is 6.13. The molecule has 1 fully saturated rings. The molecular weight excluding hydrogens is 252 g/mol. The van der Waals surface area contributed by atoms with Crippen LogP contribution >= 0.6 is 11.6 Å². The minimum atomic E-state index is 0.206. The van der Waals surface area contributed by atoms with Gasteiger partial charge in [0.15, 0.2) is 5.65 Å². The lowest BCUT2D eigenvalue weighted by Gasteiger charge is -2.26. The van der Waals surface area contributed by atoms with E-state index in [1.807, 2.05) is 0 Å². The monoisotopic (exact) mass is 266 g/mol. The fourth-order valence-corrected chi connectivity index (χ4v) is 2.92. The van der Waals surface area contributed by atoms with E-state index in [9.17, 15) is 0 Å². The Morgan fingerprint density at radius 1 is 1.33 bits per heavy atom. The average molecular weight is 267 g/mol. The molecule has 3 rings (SSSR count). The summed E-state index contributed by atoms with van der Waals surface area (Å²) in [6.07, 6.45) is 8.27. The molecule has 0 radical (unpaired) electrons. The van der Waals surface area contributed by atoms with E-state index in [1.54, 1.807) is 16.9 Å². The smallest absolute Gasteiger partial charge is 0.199 e. The summed E-state index contributed by atoms with van der Waals surface area (Å²) >= 11 is 6.13. The highest BCUT2D eigenvalue weighted by atomic mass is 35.5. The Kier molecular flexibility index (Phi) is 3.03. The molecule has 0 aromatic carbocycles. The van der Waals surface area contributed by atoms with Crippen LogP contribution in [0.2, 0.25) is 0 Å². The van der Waals surface area contributed by atoms with Crippen molar-refractivity contribution in [3.05, 3.63) is 12.4 Å². The normalized spacial score (nSPS) is 18.3. The molecule has 96 valence electrons. The summed E-state index contributed by atoms with van der Waals surface area (Å²) < 4.78 is 1.66. The number of rotatable bonds is 4. The number of nitrogens with one attached hydrogen (secondary N) is 1. The largest absolute Gasteiger partial charge is 0.368 e. The van der Waals surface area contributed by atoms with Crippen LogP contribution in [0.3, 0.4) is 0 Å². The summed E-state index contributed by atoms with van der Waals surface area (Å²) in [5, 5.41) is 14.8. The van der Waals surface area contributed by atoms with Crippen molar-refractivity contribution in [3.8, 4) is 0 Å². The van der Waals surface area contributed by atoms with Crippen molar-refractivity contribution in [1.82, 2.24) is 25.0 Å². The third-order valence-corrected chi connectivity index (χ3v) is 4.27. The van der Waals surface area contributed by atoms with E-state index < -0.39 is 0 Å². The van der Waals surface area contributed by atoms with E-state index in [2.05, 4.69) is 25.8 Å². The summed E-state index contributed by atoms with van der Waals surface area (Å²) in [5.41, 5.74) is 0.851. The van der Waals surface area contributed by atoms with Crippen LogP contribution in [0.1, 0.15) is 25.7 Å². The maximum atomic E-state index is 6.13. The van der Waals surface area contributed by atoms with Crippen LogP contribution < -0.4 is 5.32 Å². The fraction of sp³-hybridized carbons (Fsp3) is 0.636. The molecule has 0 unspecified atom stereocenters. The molecule has 7 heteroatoms. The van der Waals surface area contributed by atoms with Gasteiger partial charge in [0, 0.05) is 17.8 Å². The van der Waals surface area contributed by atoms with Crippen LogP contribution in [0.4, 0.5) is 5.82 Å². The average Bonchev–Trinajstić information content (AvgIpc) is 3.06. The standard InChI is InChI=1S/C11H15ClN6/c12-7-11(3-1-2-4-11)8-14-9-5-13-6-10-15-16-17-18(9)10/h5-6,14H,1-4,7-8H2. The van der Waals surface area contributed by atoms with Crippen LogP contribution in [0, 0.1) is 5.41 Å². The number of anilines is 1. The Bertz CT molecular complexity index is 533.